The number of ether oxygens (including phenoxy) is 2. The lowest BCUT2D eigenvalue weighted by Gasteiger charge is -2.01. The first-order valence-corrected chi connectivity index (χ1v) is 6.70. The van der Waals surface area contributed by atoms with Crippen molar-refractivity contribution in [3.05, 3.63) is 53.9 Å². The molecule has 0 unspecified atom stereocenters. The maximum atomic E-state index is 11.7. The van der Waals surface area contributed by atoms with Gasteiger partial charge in [0.1, 0.15) is 0 Å². The van der Waals surface area contributed by atoms with Gasteiger partial charge in [-0.05, 0) is 12.1 Å². The molecule has 2 aromatic rings. The predicted molar refractivity (Wildman–Crippen MR) is 84.4 cm³/mol. The van der Waals surface area contributed by atoms with Gasteiger partial charge in [0, 0.05) is 24.1 Å². The molecule has 0 spiro atoms. The van der Waals surface area contributed by atoms with E-state index in [0.717, 1.165) is 16.5 Å². The van der Waals surface area contributed by atoms with Crippen LogP contribution in [-0.2, 0) is 14.3 Å². The van der Waals surface area contributed by atoms with Crippen molar-refractivity contribution in [3.8, 4) is 0 Å². The zero-order valence-electron chi connectivity index (χ0n) is 12.7. The van der Waals surface area contributed by atoms with Crippen molar-refractivity contribution in [2.24, 2.45) is 0 Å². The molecule has 0 radical (unpaired) electrons. The minimum Gasteiger partial charge on any atom is -0.490 e. The fraction of sp³-hybridized carbons (Fsp3) is 0.176. The molecule has 0 amide bonds. The second-order valence-electron chi connectivity index (χ2n) is 4.58. The molecule has 0 saturated carbocycles. The maximum absolute atomic E-state index is 11.7. The molecular weight excluding hydrogens is 282 g/mol. The Bertz CT molecular complexity index is 768. The minimum absolute atomic E-state index is 0.0569. The molecule has 114 valence electrons. The van der Waals surface area contributed by atoms with Crippen molar-refractivity contribution in [1.29, 1.82) is 0 Å². The smallest absolute Gasteiger partial charge is 0.373 e. The zero-order valence-corrected chi connectivity index (χ0v) is 12.7. The molecule has 0 aliphatic rings. The second-order valence-corrected chi connectivity index (χ2v) is 4.58. The van der Waals surface area contributed by atoms with Crippen LogP contribution in [0.1, 0.15) is 17.3 Å². The van der Waals surface area contributed by atoms with Gasteiger partial charge in [-0.3, -0.25) is 9.36 Å². The van der Waals surface area contributed by atoms with Crippen LogP contribution in [0.15, 0.2) is 48.4 Å². The van der Waals surface area contributed by atoms with Crippen LogP contribution >= 0.6 is 0 Å². The summed E-state index contributed by atoms with van der Waals surface area (Å²) in [6, 6.07) is 7.62. The standard InChI is InChI=1S/C17H17NO4/c1-12(19)18-11-13(14-8-4-5-9-15(14)18)7-6-10-16(21-2)17(20)22-3/h4-11H,1-3H3. The van der Waals surface area contributed by atoms with E-state index in [1.165, 1.54) is 27.2 Å². The van der Waals surface area contributed by atoms with Gasteiger partial charge in [0.05, 0.1) is 19.7 Å². The zero-order chi connectivity index (χ0) is 16.1. The van der Waals surface area contributed by atoms with E-state index >= 15 is 0 Å². The number of hydrogen-bond donors (Lipinski definition) is 0. The number of rotatable bonds is 4. The van der Waals surface area contributed by atoms with Crippen LogP contribution in [0.2, 0.25) is 0 Å². The molecule has 0 aliphatic heterocycles. The van der Waals surface area contributed by atoms with Crippen LogP contribution in [0, 0.1) is 0 Å². The second kappa shape index (κ2) is 6.76. The van der Waals surface area contributed by atoms with Gasteiger partial charge < -0.3 is 9.47 Å². The average molecular weight is 299 g/mol. The van der Waals surface area contributed by atoms with Crippen molar-refractivity contribution in [2.45, 2.75) is 6.92 Å². The largest absolute Gasteiger partial charge is 0.490 e. The number of methoxy groups -OCH3 is 2. The lowest BCUT2D eigenvalue weighted by atomic mass is 10.1. The van der Waals surface area contributed by atoms with Crippen LogP contribution in [-0.4, -0.2) is 30.7 Å². The van der Waals surface area contributed by atoms with Crippen LogP contribution in [0.5, 0.6) is 0 Å². The molecule has 1 aromatic heterocycles. The lowest BCUT2D eigenvalue weighted by molar-refractivity contribution is -0.139. The average Bonchev–Trinajstić information content (AvgIpc) is 2.90. The molecule has 0 saturated heterocycles. The molecule has 5 heteroatoms. The van der Waals surface area contributed by atoms with Crippen LogP contribution in [0.25, 0.3) is 17.0 Å². The molecule has 0 atom stereocenters. The monoisotopic (exact) mass is 299 g/mol. The topological polar surface area (TPSA) is 57.5 Å². The van der Waals surface area contributed by atoms with E-state index < -0.39 is 5.97 Å². The molecule has 0 N–H and O–H groups in total. The van der Waals surface area contributed by atoms with Crippen LogP contribution < -0.4 is 0 Å². The van der Waals surface area contributed by atoms with E-state index in [2.05, 4.69) is 4.74 Å². The third-order valence-corrected chi connectivity index (χ3v) is 3.21. The third-order valence-electron chi connectivity index (χ3n) is 3.21. The van der Waals surface area contributed by atoms with Crippen LogP contribution in [0.3, 0.4) is 0 Å². The number of carbonyl (C=O) groups is 2. The Morgan fingerprint density at radius 2 is 1.86 bits per heavy atom. The van der Waals surface area contributed by atoms with Gasteiger partial charge in [-0.15, -0.1) is 0 Å². The molecule has 1 aromatic carbocycles. The Labute approximate surface area is 128 Å². The molecule has 2 rings (SSSR count). The summed E-state index contributed by atoms with van der Waals surface area (Å²) in [7, 11) is 2.69. The molecule has 0 fully saturated rings. The van der Waals surface area contributed by atoms with E-state index in [-0.39, 0.29) is 11.7 Å². The van der Waals surface area contributed by atoms with Gasteiger partial charge in [-0.1, -0.05) is 30.4 Å². The number of hydrogen-bond acceptors (Lipinski definition) is 4. The number of aromatic nitrogens is 1. The summed E-state index contributed by atoms with van der Waals surface area (Å²) < 4.78 is 11.1. The van der Waals surface area contributed by atoms with Crippen molar-refractivity contribution in [3.63, 3.8) is 0 Å². The molecule has 5 nitrogen and oxygen atoms in total. The van der Waals surface area contributed by atoms with E-state index in [4.69, 9.17) is 4.74 Å². The molecule has 0 aliphatic carbocycles. The summed E-state index contributed by atoms with van der Waals surface area (Å²) in [4.78, 5) is 23.1. The highest BCUT2D eigenvalue weighted by Crippen LogP contribution is 2.22. The van der Waals surface area contributed by atoms with Gasteiger partial charge in [0.15, 0.2) is 0 Å². The maximum Gasteiger partial charge on any atom is 0.373 e. The van der Waals surface area contributed by atoms with Crippen molar-refractivity contribution in [1.82, 2.24) is 4.57 Å². The minimum atomic E-state index is -0.543. The SMILES string of the molecule is COC(=O)C(=CC=Cc1cn(C(C)=O)c2ccccc12)OC. The fourth-order valence-electron chi connectivity index (χ4n) is 2.16. The predicted octanol–water partition coefficient (Wildman–Crippen LogP) is 3.02. The Kier molecular flexibility index (Phi) is 4.78. The first-order chi connectivity index (χ1) is 10.6. The van der Waals surface area contributed by atoms with E-state index in [9.17, 15) is 9.59 Å². The first-order valence-electron chi connectivity index (χ1n) is 6.70. The summed E-state index contributed by atoms with van der Waals surface area (Å²) >= 11 is 0. The Balaban J connectivity index is 2.40. The Hall–Kier alpha value is -2.82. The third kappa shape index (κ3) is 3.09. The lowest BCUT2D eigenvalue weighted by Crippen LogP contribution is -2.05. The molecule has 22 heavy (non-hydrogen) atoms. The quantitative estimate of drug-likeness (QED) is 0.377. The molecule has 0 bridgehead atoms. The summed E-state index contributed by atoms with van der Waals surface area (Å²) in [6.07, 6.45) is 6.78. The normalized spacial score (nSPS) is 11.9. The van der Waals surface area contributed by atoms with E-state index in [1.54, 1.807) is 16.8 Å². The van der Waals surface area contributed by atoms with Gasteiger partial charge in [-0.2, -0.15) is 0 Å². The molecular formula is C17H17NO4. The number of benzene rings is 1. The van der Waals surface area contributed by atoms with Gasteiger partial charge in [0.25, 0.3) is 0 Å². The highest BCUT2D eigenvalue weighted by Gasteiger charge is 2.09. The number of esters is 1. The highest BCUT2D eigenvalue weighted by molar-refractivity contribution is 5.97. The summed E-state index contributed by atoms with van der Waals surface area (Å²) in [5, 5.41) is 0.958. The van der Waals surface area contributed by atoms with Crippen molar-refractivity contribution >= 4 is 28.9 Å². The summed E-state index contributed by atoms with van der Waals surface area (Å²) in [6.45, 7) is 1.51. The van der Waals surface area contributed by atoms with E-state index in [0.29, 0.717) is 0 Å². The highest BCUT2D eigenvalue weighted by atomic mass is 16.6. The summed E-state index contributed by atoms with van der Waals surface area (Å²) in [5.41, 5.74) is 1.72. The van der Waals surface area contributed by atoms with Crippen LogP contribution in [0.4, 0.5) is 0 Å². The summed E-state index contributed by atoms with van der Waals surface area (Å²) in [5.74, 6) is -0.495. The Morgan fingerprint density at radius 3 is 2.50 bits per heavy atom. The first kappa shape index (κ1) is 15.6. The number of allylic oxidation sites excluding steroid dienone is 2. The van der Waals surface area contributed by atoms with E-state index in [1.807, 2.05) is 30.3 Å². The number of fused-ring (bicyclic) bond motifs is 1. The van der Waals surface area contributed by atoms with Crippen molar-refractivity contribution in [2.75, 3.05) is 14.2 Å². The Morgan fingerprint density at radius 1 is 1.14 bits per heavy atom. The van der Waals surface area contributed by atoms with Gasteiger partial charge in [-0.25, -0.2) is 4.79 Å². The number of nitrogens with zero attached hydrogens (tertiary/aromatic N) is 1. The van der Waals surface area contributed by atoms with Gasteiger partial charge in [0.2, 0.25) is 11.7 Å². The number of carbonyl (C=O) groups excluding carboxylic acids is 2. The fourth-order valence-corrected chi connectivity index (χ4v) is 2.16. The molecule has 1 heterocycles. The van der Waals surface area contributed by atoms with Gasteiger partial charge >= 0.3 is 5.97 Å². The van der Waals surface area contributed by atoms with Crippen molar-refractivity contribution < 1.29 is 19.1 Å². The number of para-hydroxylation sites is 1.